The molecule has 38 heavy (non-hydrogen) atoms. The fourth-order valence-corrected chi connectivity index (χ4v) is 4.85. The van der Waals surface area contributed by atoms with Gasteiger partial charge in [0.2, 0.25) is 11.9 Å². The van der Waals surface area contributed by atoms with E-state index in [1.165, 1.54) is 29.6 Å². The van der Waals surface area contributed by atoms with Gasteiger partial charge >= 0.3 is 0 Å². The zero-order valence-corrected chi connectivity index (χ0v) is 20.0. The van der Waals surface area contributed by atoms with Gasteiger partial charge in [-0.1, -0.05) is 0 Å². The lowest BCUT2D eigenvalue weighted by atomic mass is 9.83. The minimum Gasteiger partial charge on any atom is -0.335 e. The molecule has 0 spiro atoms. The summed E-state index contributed by atoms with van der Waals surface area (Å²) >= 11 is 0. The van der Waals surface area contributed by atoms with Gasteiger partial charge in [-0.2, -0.15) is 0 Å². The highest BCUT2D eigenvalue weighted by atomic mass is 19.3. The van der Waals surface area contributed by atoms with Crippen LogP contribution in [0.5, 0.6) is 0 Å². The van der Waals surface area contributed by atoms with Gasteiger partial charge in [-0.3, -0.25) is 9.78 Å². The van der Waals surface area contributed by atoms with Crippen LogP contribution < -0.4 is 10.2 Å². The second-order valence-electron chi connectivity index (χ2n) is 9.63. The summed E-state index contributed by atoms with van der Waals surface area (Å²) in [7, 11) is 0. The average Bonchev–Trinajstić information content (AvgIpc) is 3.25. The summed E-state index contributed by atoms with van der Waals surface area (Å²) in [4.78, 5) is 26.9. The number of alkyl halides is 4. The number of halogens is 6. The first-order chi connectivity index (χ1) is 18.0. The monoisotopic (exact) mass is 535 g/mol. The lowest BCUT2D eigenvalue weighted by molar-refractivity contribution is -0.0384. The second kappa shape index (κ2) is 9.88. The van der Waals surface area contributed by atoms with Crippen molar-refractivity contribution in [2.75, 3.05) is 23.3 Å². The van der Waals surface area contributed by atoms with Crippen molar-refractivity contribution >= 4 is 17.5 Å². The van der Waals surface area contributed by atoms with Crippen LogP contribution in [0.3, 0.4) is 0 Å². The standard InChI is InChI=1S/C26H23F6N5O/c27-17-1-2-20(28)19(11-17)18-5-9-33-21(15-3-6-25(29,30)7-4-15)22(18)36-23(38)16-12-34-24(35-13-16)37-10-8-26(31,32)14-37/h1-2,5,9,11-13,15H,3-4,6-8,10,14H2,(H,36,38). The predicted molar refractivity (Wildman–Crippen MR) is 128 cm³/mol. The number of amides is 1. The predicted octanol–water partition coefficient (Wildman–Crippen LogP) is 6.21. The summed E-state index contributed by atoms with van der Waals surface area (Å²) in [6.45, 7) is -0.457. The number of nitrogens with one attached hydrogen (secondary N) is 1. The number of nitrogens with zero attached hydrogens (tertiary/aromatic N) is 4. The molecule has 0 bridgehead atoms. The Balaban J connectivity index is 1.47. The number of aromatic nitrogens is 3. The van der Waals surface area contributed by atoms with Crippen molar-refractivity contribution in [2.45, 2.75) is 49.9 Å². The number of carbonyl (C=O) groups excluding carboxylic acids is 1. The van der Waals surface area contributed by atoms with Gasteiger partial charge in [0, 0.05) is 61.4 Å². The van der Waals surface area contributed by atoms with Crippen LogP contribution in [-0.2, 0) is 0 Å². The Bertz CT molecular complexity index is 1340. The third-order valence-corrected chi connectivity index (χ3v) is 6.89. The summed E-state index contributed by atoms with van der Waals surface area (Å²) in [5, 5.41) is 2.67. The number of hydrogen-bond acceptors (Lipinski definition) is 5. The van der Waals surface area contributed by atoms with Crippen LogP contribution in [-0.4, -0.2) is 45.8 Å². The van der Waals surface area contributed by atoms with Gasteiger partial charge in [0.15, 0.2) is 0 Å². The molecule has 0 atom stereocenters. The fraction of sp³-hybridized carbons (Fsp3) is 0.385. The SMILES string of the molecule is O=C(Nc1c(-c2cc(F)ccc2F)ccnc1C1CCC(F)(F)CC1)c1cnc(N2CCC(F)(F)C2)nc1. The Kier molecular flexibility index (Phi) is 6.74. The molecule has 1 amide bonds. The molecule has 1 aromatic carbocycles. The van der Waals surface area contributed by atoms with Crippen molar-refractivity contribution in [3.05, 3.63) is 65.7 Å². The molecule has 200 valence electrons. The summed E-state index contributed by atoms with van der Waals surface area (Å²) < 4.78 is 83.5. The number of benzene rings is 1. The number of rotatable bonds is 5. The molecule has 1 saturated carbocycles. The van der Waals surface area contributed by atoms with Crippen LogP contribution in [0.25, 0.3) is 11.1 Å². The average molecular weight is 535 g/mol. The Hall–Kier alpha value is -3.70. The molecule has 3 heterocycles. The topological polar surface area (TPSA) is 71.0 Å². The summed E-state index contributed by atoms with van der Waals surface area (Å²) in [5.74, 6) is -8.21. The lowest BCUT2D eigenvalue weighted by Gasteiger charge is -2.29. The van der Waals surface area contributed by atoms with E-state index >= 15 is 0 Å². The van der Waals surface area contributed by atoms with Gasteiger partial charge < -0.3 is 10.2 Å². The molecule has 2 aliphatic rings. The second-order valence-corrected chi connectivity index (χ2v) is 9.63. The molecule has 1 N–H and O–H groups in total. The van der Waals surface area contributed by atoms with Gasteiger partial charge in [-0.15, -0.1) is 0 Å². The van der Waals surface area contributed by atoms with Crippen molar-refractivity contribution in [3.8, 4) is 11.1 Å². The third-order valence-electron chi connectivity index (χ3n) is 6.89. The Morgan fingerprint density at radius 1 is 0.921 bits per heavy atom. The van der Waals surface area contributed by atoms with Crippen molar-refractivity contribution in [1.82, 2.24) is 15.0 Å². The summed E-state index contributed by atoms with van der Waals surface area (Å²) in [6.07, 6.45) is 2.84. The molecule has 5 rings (SSSR count). The molecule has 1 saturated heterocycles. The van der Waals surface area contributed by atoms with E-state index in [1.54, 1.807) is 0 Å². The molecule has 1 aliphatic heterocycles. The van der Waals surface area contributed by atoms with Gasteiger partial charge in [0.25, 0.3) is 11.8 Å². The van der Waals surface area contributed by atoms with Crippen LogP contribution in [0.1, 0.15) is 54.1 Å². The van der Waals surface area contributed by atoms with Gasteiger partial charge in [0.05, 0.1) is 23.5 Å². The van der Waals surface area contributed by atoms with Gasteiger partial charge in [-0.05, 0) is 37.1 Å². The van der Waals surface area contributed by atoms with Crippen molar-refractivity contribution in [1.29, 1.82) is 0 Å². The quantitative estimate of drug-likeness (QED) is 0.394. The molecule has 0 radical (unpaired) electrons. The van der Waals surface area contributed by atoms with Crippen LogP contribution >= 0.6 is 0 Å². The number of carbonyl (C=O) groups is 1. The minimum absolute atomic E-state index is 0.0182. The molecule has 12 heteroatoms. The number of hydrogen-bond donors (Lipinski definition) is 1. The van der Waals surface area contributed by atoms with E-state index in [2.05, 4.69) is 20.3 Å². The molecule has 2 aromatic heterocycles. The zero-order chi connectivity index (χ0) is 27.1. The fourth-order valence-electron chi connectivity index (χ4n) is 4.85. The van der Waals surface area contributed by atoms with Crippen LogP contribution in [0.2, 0.25) is 0 Å². The minimum atomic E-state index is -2.85. The summed E-state index contributed by atoms with van der Waals surface area (Å²) in [5.41, 5.74) is 0.337. The molecule has 6 nitrogen and oxygen atoms in total. The van der Waals surface area contributed by atoms with Gasteiger partial charge in [0.1, 0.15) is 11.6 Å². The molecular formula is C26H23F6N5O. The Morgan fingerprint density at radius 3 is 2.29 bits per heavy atom. The Morgan fingerprint density at radius 2 is 1.63 bits per heavy atom. The molecule has 2 fully saturated rings. The van der Waals surface area contributed by atoms with Gasteiger partial charge in [-0.25, -0.2) is 36.3 Å². The Labute approximate surface area is 214 Å². The lowest BCUT2D eigenvalue weighted by Crippen LogP contribution is -2.27. The van der Waals surface area contributed by atoms with Crippen LogP contribution in [0.4, 0.5) is 38.0 Å². The first kappa shape index (κ1) is 25.9. The first-order valence-electron chi connectivity index (χ1n) is 12.1. The molecular weight excluding hydrogens is 512 g/mol. The van der Waals surface area contributed by atoms with Crippen molar-refractivity contribution in [3.63, 3.8) is 0 Å². The molecule has 3 aromatic rings. The van der Waals surface area contributed by atoms with E-state index in [1.807, 2.05) is 0 Å². The molecule has 1 aliphatic carbocycles. The van der Waals surface area contributed by atoms with Crippen LogP contribution in [0.15, 0.2) is 42.9 Å². The summed E-state index contributed by atoms with van der Waals surface area (Å²) in [6, 6.07) is 4.29. The largest absolute Gasteiger partial charge is 0.335 e. The maximum atomic E-state index is 14.7. The van der Waals surface area contributed by atoms with E-state index in [0.717, 1.165) is 18.2 Å². The normalized spacial score (nSPS) is 18.9. The highest BCUT2D eigenvalue weighted by Crippen LogP contribution is 2.44. The maximum Gasteiger partial charge on any atom is 0.267 e. The van der Waals surface area contributed by atoms with E-state index in [-0.39, 0.29) is 72.7 Å². The number of pyridine rings is 1. The van der Waals surface area contributed by atoms with E-state index in [9.17, 15) is 31.1 Å². The number of anilines is 2. The van der Waals surface area contributed by atoms with E-state index in [0.29, 0.717) is 0 Å². The van der Waals surface area contributed by atoms with Crippen molar-refractivity contribution < 1.29 is 31.1 Å². The van der Waals surface area contributed by atoms with Crippen molar-refractivity contribution in [2.24, 2.45) is 0 Å². The highest BCUT2D eigenvalue weighted by molar-refractivity contribution is 6.06. The first-order valence-corrected chi connectivity index (χ1v) is 12.1. The zero-order valence-electron chi connectivity index (χ0n) is 20.0. The molecule has 0 unspecified atom stereocenters. The van der Waals surface area contributed by atoms with Crippen LogP contribution in [0, 0.1) is 11.6 Å². The maximum absolute atomic E-state index is 14.7. The third kappa shape index (κ3) is 5.44. The van der Waals surface area contributed by atoms with E-state index in [4.69, 9.17) is 0 Å². The highest BCUT2D eigenvalue weighted by Gasteiger charge is 2.39. The smallest absolute Gasteiger partial charge is 0.267 e. The van der Waals surface area contributed by atoms with E-state index < -0.39 is 41.8 Å².